The van der Waals surface area contributed by atoms with E-state index in [-0.39, 0.29) is 5.91 Å². The lowest BCUT2D eigenvalue weighted by Gasteiger charge is -2.52. The third kappa shape index (κ3) is 1.72. The predicted molar refractivity (Wildman–Crippen MR) is 52.8 cm³/mol. The van der Waals surface area contributed by atoms with Gasteiger partial charge >= 0.3 is 0 Å². The molecule has 2 unspecified atom stereocenters. The molecule has 3 fully saturated rings. The number of fused-ring (bicyclic) bond motifs is 2. The molecule has 3 aliphatic rings. The number of morpholine rings is 1. The molecule has 4 nitrogen and oxygen atoms in total. The van der Waals surface area contributed by atoms with Gasteiger partial charge in [0.25, 0.3) is 0 Å². The molecular formula is C9H12N2O2S. The van der Waals surface area contributed by atoms with Gasteiger partial charge in [0.2, 0.25) is 5.91 Å². The number of hydrogen-bond donors (Lipinski definition) is 0. The molecule has 0 spiro atoms. The molecular weight excluding hydrogens is 200 g/mol. The monoisotopic (exact) mass is 212 g/mol. The fourth-order valence-corrected chi connectivity index (χ4v) is 2.52. The van der Waals surface area contributed by atoms with Crippen LogP contribution in [0, 0.1) is 11.3 Å². The summed E-state index contributed by atoms with van der Waals surface area (Å²) in [6.07, 6.45) is 1.09. The van der Waals surface area contributed by atoms with Gasteiger partial charge in [-0.05, 0) is 6.42 Å². The van der Waals surface area contributed by atoms with E-state index in [1.807, 2.05) is 11.0 Å². The topological polar surface area (TPSA) is 53.3 Å². The van der Waals surface area contributed by atoms with Crippen LogP contribution in [0.2, 0.25) is 0 Å². The van der Waals surface area contributed by atoms with Crippen LogP contribution in [0.15, 0.2) is 0 Å². The number of carbonyl (C=O) groups is 1. The maximum atomic E-state index is 11.7. The first-order valence-corrected chi connectivity index (χ1v) is 5.82. The predicted octanol–water partition coefficient (Wildman–Crippen LogP) is 0.243. The third-order valence-electron chi connectivity index (χ3n) is 2.63. The lowest BCUT2D eigenvalue weighted by molar-refractivity contribution is -0.164. The molecule has 0 aromatic carbocycles. The van der Waals surface area contributed by atoms with Crippen LogP contribution in [0.5, 0.6) is 0 Å². The number of carbonyl (C=O) groups excluding carboxylic acids is 1. The smallest absolute Gasteiger partial charge is 0.233 e. The maximum Gasteiger partial charge on any atom is 0.233 e. The van der Waals surface area contributed by atoms with Gasteiger partial charge in [0.1, 0.15) is 0 Å². The average Bonchev–Trinajstić information content (AvgIpc) is 2.19. The summed E-state index contributed by atoms with van der Waals surface area (Å²) in [6, 6.07) is 2.63. The summed E-state index contributed by atoms with van der Waals surface area (Å²) < 4.78 is 5.28. The Kier molecular flexibility index (Phi) is 2.94. The molecule has 0 aromatic rings. The van der Waals surface area contributed by atoms with Crippen LogP contribution in [0.3, 0.4) is 0 Å². The van der Waals surface area contributed by atoms with Crippen molar-refractivity contribution in [3.8, 4) is 6.07 Å². The van der Waals surface area contributed by atoms with Crippen molar-refractivity contribution in [1.29, 1.82) is 5.26 Å². The zero-order valence-electron chi connectivity index (χ0n) is 7.81. The fraction of sp³-hybridized carbons (Fsp3) is 0.778. The van der Waals surface area contributed by atoms with Crippen LogP contribution in [-0.4, -0.2) is 47.6 Å². The van der Waals surface area contributed by atoms with E-state index in [1.165, 1.54) is 11.8 Å². The highest BCUT2D eigenvalue weighted by Gasteiger charge is 2.44. The maximum absolute atomic E-state index is 11.7. The number of rotatable bonds is 3. The van der Waals surface area contributed by atoms with Crippen molar-refractivity contribution in [2.75, 3.05) is 24.7 Å². The van der Waals surface area contributed by atoms with Gasteiger partial charge in [0.15, 0.2) is 0 Å². The first-order chi connectivity index (χ1) is 6.83. The van der Waals surface area contributed by atoms with Crippen LogP contribution in [0.1, 0.15) is 6.42 Å². The van der Waals surface area contributed by atoms with Crippen molar-refractivity contribution < 1.29 is 9.53 Å². The van der Waals surface area contributed by atoms with E-state index in [9.17, 15) is 4.79 Å². The number of nitrogens with zero attached hydrogens (tertiary/aromatic N) is 2. The van der Waals surface area contributed by atoms with Gasteiger partial charge < -0.3 is 9.64 Å². The van der Waals surface area contributed by atoms with Gasteiger partial charge in [-0.2, -0.15) is 5.26 Å². The van der Waals surface area contributed by atoms with Gasteiger partial charge in [-0.1, -0.05) is 0 Å². The minimum Gasteiger partial charge on any atom is -0.377 e. The Morgan fingerprint density at radius 3 is 2.86 bits per heavy atom. The van der Waals surface area contributed by atoms with Crippen LogP contribution in [0.25, 0.3) is 0 Å². The van der Waals surface area contributed by atoms with E-state index in [0.29, 0.717) is 36.8 Å². The molecule has 76 valence electrons. The summed E-state index contributed by atoms with van der Waals surface area (Å²) in [4.78, 5) is 13.6. The molecule has 14 heavy (non-hydrogen) atoms. The summed E-state index contributed by atoms with van der Waals surface area (Å²) in [5.74, 6) is 0.987. The quantitative estimate of drug-likeness (QED) is 0.629. The molecule has 1 amide bonds. The van der Waals surface area contributed by atoms with Crippen molar-refractivity contribution in [2.45, 2.75) is 18.5 Å². The summed E-state index contributed by atoms with van der Waals surface area (Å²) in [5.41, 5.74) is 0. The summed E-state index contributed by atoms with van der Waals surface area (Å²) in [6.45, 7) is 1.37. The molecule has 5 heteroatoms. The standard InChI is InChI=1S/C9H12N2O2S/c10-1-2-14-6-9(12)11-7-3-8(11)5-13-4-7/h7-8H,2-6H2. The number of thioether (sulfide) groups is 1. The number of hydrogen-bond acceptors (Lipinski definition) is 4. The highest BCUT2D eigenvalue weighted by Crippen LogP contribution is 2.31. The molecule has 3 heterocycles. The van der Waals surface area contributed by atoms with Gasteiger partial charge in [-0.25, -0.2) is 0 Å². The van der Waals surface area contributed by atoms with Crippen LogP contribution in [-0.2, 0) is 9.53 Å². The van der Waals surface area contributed by atoms with Crippen molar-refractivity contribution in [1.82, 2.24) is 4.90 Å². The number of amides is 1. The Morgan fingerprint density at radius 1 is 1.57 bits per heavy atom. The lowest BCUT2D eigenvalue weighted by Crippen LogP contribution is -2.66. The molecule has 0 N–H and O–H groups in total. The molecule has 3 rings (SSSR count). The third-order valence-corrected chi connectivity index (χ3v) is 3.42. The summed E-state index contributed by atoms with van der Waals surface area (Å²) in [5, 5.41) is 8.33. The Labute approximate surface area is 87.2 Å². The Balaban J connectivity index is 1.79. The van der Waals surface area contributed by atoms with Crippen molar-refractivity contribution in [3.05, 3.63) is 0 Å². The van der Waals surface area contributed by atoms with Crippen molar-refractivity contribution >= 4 is 17.7 Å². The summed E-state index contributed by atoms with van der Waals surface area (Å²) in [7, 11) is 0. The molecule has 0 aliphatic carbocycles. The van der Waals surface area contributed by atoms with Crippen LogP contribution in [0.4, 0.5) is 0 Å². The largest absolute Gasteiger partial charge is 0.377 e. The van der Waals surface area contributed by atoms with Gasteiger partial charge in [-0.15, -0.1) is 11.8 Å². The van der Waals surface area contributed by atoms with E-state index in [4.69, 9.17) is 10.00 Å². The Hall–Kier alpha value is -0.730. The van der Waals surface area contributed by atoms with E-state index in [0.717, 1.165) is 6.42 Å². The zero-order valence-corrected chi connectivity index (χ0v) is 8.63. The highest BCUT2D eigenvalue weighted by atomic mass is 32.2. The second-order valence-corrected chi connectivity index (χ2v) is 4.52. The first kappa shape index (κ1) is 9.81. The fourth-order valence-electron chi connectivity index (χ4n) is 2.00. The molecule has 0 aromatic heterocycles. The lowest BCUT2D eigenvalue weighted by atomic mass is 9.91. The number of ether oxygens (including phenoxy) is 1. The van der Waals surface area contributed by atoms with Gasteiger partial charge in [0, 0.05) is 0 Å². The number of nitriles is 1. The molecule has 0 saturated carbocycles. The van der Waals surface area contributed by atoms with E-state index in [1.54, 1.807) is 0 Å². The normalized spacial score (nSPS) is 29.2. The van der Waals surface area contributed by atoms with Crippen LogP contribution < -0.4 is 0 Å². The first-order valence-electron chi connectivity index (χ1n) is 4.66. The molecule has 2 atom stereocenters. The molecule has 0 radical (unpaired) electrons. The Bertz CT molecular complexity index is 262. The van der Waals surface area contributed by atoms with Gasteiger partial charge in [-0.3, -0.25) is 4.79 Å². The second kappa shape index (κ2) is 4.20. The van der Waals surface area contributed by atoms with Crippen LogP contribution >= 0.6 is 11.8 Å². The zero-order chi connectivity index (χ0) is 9.97. The van der Waals surface area contributed by atoms with E-state index in [2.05, 4.69) is 0 Å². The second-order valence-electron chi connectivity index (χ2n) is 3.53. The highest BCUT2D eigenvalue weighted by molar-refractivity contribution is 8.00. The van der Waals surface area contributed by atoms with Gasteiger partial charge in [0.05, 0.1) is 42.9 Å². The van der Waals surface area contributed by atoms with E-state index < -0.39 is 0 Å². The minimum absolute atomic E-state index is 0.162. The summed E-state index contributed by atoms with van der Waals surface area (Å²) >= 11 is 1.38. The average molecular weight is 212 g/mol. The SMILES string of the molecule is N#CCSCC(=O)N1C2COCC1C2. The Morgan fingerprint density at radius 2 is 2.29 bits per heavy atom. The molecule has 3 aliphatic heterocycles. The van der Waals surface area contributed by atoms with Crippen molar-refractivity contribution in [2.24, 2.45) is 0 Å². The molecule has 3 saturated heterocycles. The van der Waals surface area contributed by atoms with E-state index >= 15 is 0 Å². The minimum atomic E-state index is 0.162. The van der Waals surface area contributed by atoms with Crippen molar-refractivity contribution in [3.63, 3.8) is 0 Å². The molecule has 2 bridgehead atoms.